The van der Waals surface area contributed by atoms with Crippen LogP contribution < -0.4 is 5.32 Å². The van der Waals surface area contributed by atoms with Crippen molar-refractivity contribution >= 4 is 34.6 Å². The Kier molecular flexibility index (Phi) is 5.01. The number of esters is 1. The molecule has 1 N–H and O–H groups in total. The highest BCUT2D eigenvalue weighted by Crippen LogP contribution is 2.35. The Morgan fingerprint density at radius 1 is 1.42 bits per heavy atom. The van der Waals surface area contributed by atoms with Gasteiger partial charge in [-0.05, 0) is 31.2 Å². The van der Waals surface area contributed by atoms with Crippen LogP contribution in [-0.4, -0.2) is 29.5 Å². The normalized spacial score (nSPS) is 23.7. The fourth-order valence-corrected chi connectivity index (χ4v) is 4.75. The second-order valence-electron chi connectivity index (χ2n) is 6.23. The van der Waals surface area contributed by atoms with E-state index in [4.69, 9.17) is 4.74 Å². The number of aromatic nitrogens is 1. The van der Waals surface area contributed by atoms with Crippen molar-refractivity contribution in [1.82, 2.24) is 10.3 Å². The zero-order valence-electron chi connectivity index (χ0n) is 13.7. The topological polar surface area (TPSA) is 68.3 Å². The second kappa shape index (κ2) is 7.03. The van der Waals surface area contributed by atoms with E-state index >= 15 is 0 Å². The molecule has 5 nitrogen and oxygen atoms in total. The summed E-state index contributed by atoms with van der Waals surface area (Å²) in [7, 11) is 1.40. The van der Waals surface area contributed by atoms with Crippen molar-refractivity contribution in [3.63, 3.8) is 0 Å². The number of hydrogen-bond acceptors (Lipinski definition) is 6. The number of carbonyl (C=O) groups excluding carboxylic acids is 2. The van der Waals surface area contributed by atoms with Crippen LogP contribution in [0, 0.1) is 5.92 Å². The molecule has 2 unspecified atom stereocenters. The van der Waals surface area contributed by atoms with Gasteiger partial charge < -0.3 is 10.1 Å². The number of nitrogens with one attached hydrogen (secondary N) is 1. The Bertz CT molecular complexity index is 726. The molecule has 0 radical (unpaired) electrons. The van der Waals surface area contributed by atoms with Crippen LogP contribution in [0.4, 0.5) is 0 Å². The molecule has 0 bridgehead atoms. The van der Waals surface area contributed by atoms with Crippen LogP contribution in [0.2, 0.25) is 0 Å². The van der Waals surface area contributed by atoms with Crippen LogP contribution in [0.1, 0.15) is 42.3 Å². The lowest BCUT2D eigenvalue weighted by molar-refractivity contribution is -0.149. The Morgan fingerprint density at radius 2 is 2.25 bits per heavy atom. The Morgan fingerprint density at radius 3 is 2.96 bits per heavy atom. The van der Waals surface area contributed by atoms with E-state index in [0.717, 1.165) is 36.3 Å². The summed E-state index contributed by atoms with van der Waals surface area (Å²) in [6, 6.07) is 1.99. The van der Waals surface area contributed by atoms with E-state index < -0.39 is 5.54 Å². The monoisotopic (exact) mass is 364 g/mol. The number of rotatable bonds is 4. The van der Waals surface area contributed by atoms with Gasteiger partial charge in [-0.15, -0.1) is 11.3 Å². The summed E-state index contributed by atoms with van der Waals surface area (Å²) in [4.78, 5) is 29.6. The van der Waals surface area contributed by atoms with E-state index in [-0.39, 0.29) is 17.8 Å². The van der Waals surface area contributed by atoms with Gasteiger partial charge in [0.1, 0.15) is 9.88 Å². The molecule has 0 saturated heterocycles. The van der Waals surface area contributed by atoms with Crippen LogP contribution in [-0.2, 0) is 9.53 Å². The number of carbonyl (C=O) groups is 2. The Hall–Kier alpha value is -1.73. The van der Waals surface area contributed by atoms with Crippen LogP contribution >= 0.6 is 22.7 Å². The summed E-state index contributed by atoms with van der Waals surface area (Å²) in [5.41, 5.74) is 0.454. The first kappa shape index (κ1) is 17.1. The van der Waals surface area contributed by atoms with Gasteiger partial charge in [0.2, 0.25) is 0 Å². The second-order valence-corrected chi connectivity index (χ2v) is 8.05. The summed E-state index contributed by atoms with van der Waals surface area (Å²) >= 11 is 2.97. The average Bonchev–Trinajstić information content (AvgIpc) is 3.25. The molecule has 1 aliphatic rings. The molecular formula is C17H20N2O3S2. The first-order chi connectivity index (χ1) is 11.5. The van der Waals surface area contributed by atoms with Gasteiger partial charge in [0.05, 0.1) is 24.8 Å². The molecule has 1 fully saturated rings. The third kappa shape index (κ3) is 3.37. The van der Waals surface area contributed by atoms with E-state index in [2.05, 4.69) is 10.3 Å². The van der Waals surface area contributed by atoms with Crippen molar-refractivity contribution < 1.29 is 14.3 Å². The van der Waals surface area contributed by atoms with Crippen LogP contribution in [0.3, 0.4) is 0 Å². The maximum atomic E-state index is 12.7. The number of hydrogen-bond donors (Lipinski definition) is 1. The van der Waals surface area contributed by atoms with Crippen molar-refractivity contribution in [2.75, 3.05) is 7.11 Å². The predicted octanol–water partition coefficient (Wildman–Crippen LogP) is 3.72. The van der Waals surface area contributed by atoms with Crippen LogP contribution in [0.5, 0.6) is 0 Å². The van der Waals surface area contributed by atoms with Gasteiger partial charge >= 0.3 is 5.97 Å². The van der Waals surface area contributed by atoms with Gasteiger partial charge in [-0.25, -0.2) is 4.98 Å². The highest BCUT2D eigenvalue weighted by Gasteiger charge is 2.43. The van der Waals surface area contributed by atoms with Gasteiger partial charge in [-0.1, -0.05) is 12.8 Å². The van der Waals surface area contributed by atoms with E-state index in [1.165, 1.54) is 18.4 Å². The summed E-state index contributed by atoms with van der Waals surface area (Å²) < 4.78 is 4.93. The molecule has 2 aromatic heterocycles. The SMILES string of the molecule is COC(=O)C1CCCCC1(C)NC(=O)c1cnc(-c2ccsc2)s1. The first-order valence-electron chi connectivity index (χ1n) is 7.92. The summed E-state index contributed by atoms with van der Waals surface area (Å²) in [5.74, 6) is -0.725. The van der Waals surface area contributed by atoms with E-state index in [1.807, 2.05) is 23.8 Å². The lowest BCUT2D eigenvalue weighted by Crippen LogP contribution is -2.55. The Balaban J connectivity index is 1.76. The third-order valence-electron chi connectivity index (χ3n) is 4.59. The minimum Gasteiger partial charge on any atom is -0.469 e. The van der Waals surface area contributed by atoms with Crippen molar-refractivity contribution in [3.05, 3.63) is 27.9 Å². The number of nitrogens with zero attached hydrogens (tertiary/aromatic N) is 1. The van der Waals surface area contributed by atoms with Gasteiger partial charge in [0.25, 0.3) is 5.91 Å². The average molecular weight is 364 g/mol. The summed E-state index contributed by atoms with van der Waals surface area (Å²) in [5, 5.41) is 7.90. The number of amides is 1. The predicted molar refractivity (Wildman–Crippen MR) is 95.3 cm³/mol. The molecular weight excluding hydrogens is 344 g/mol. The summed E-state index contributed by atoms with van der Waals surface area (Å²) in [6.07, 6.45) is 5.09. The van der Waals surface area contributed by atoms with E-state index in [1.54, 1.807) is 17.5 Å². The fraction of sp³-hybridized carbons (Fsp3) is 0.471. The zero-order chi connectivity index (χ0) is 17.2. The van der Waals surface area contributed by atoms with Crippen LogP contribution in [0.25, 0.3) is 10.6 Å². The molecule has 1 saturated carbocycles. The van der Waals surface area contributed by atoms with Gasteiger partial charge in [-0.3, -0.25) is 9.59 Å². The first-order valence-corrected chi connectivity index (χ1v) is 9.68. The Labute approximate surface area is 149 Å². The van der Waals surface area contributed by atoms with Crippen LogP contribution in [0.15, 0.2) is 23.0 Å². The molecule has 2 heterocycles. The number of thiophene rings is 1. The highest BCUT2D eigenvalue weighted by atomic mass is 32.1. The molecule has 0 spiro atoms. The molecule has 1 amide bonds. The third-order valence-corrected chi connectivity index (χ3v) is 6.32. The maximum Gasteiger partial charge on any atom is 0.311 e. The molecule has 7 heteroatoms. The minimum absolute atomic E-state index is 0.174. The highest BCUT2D eigenvalue weighted by molar-refractivity contribution is 7.17. The standard InChI is InChI=1S/C17H20N2O3S2/c1-17(7-4-3-5-12(17)16(21)22-2)19-14(20)13-9-18-15(24-13)11-6-8-23-10-11/h6,8-10,12H,3-5,7H2,1-2H3,(H,19,20). The van der Waals surface area contributed by atoms with Crippen molar-refractivity contribution in [2.24, 2.45) is 5.92 Å². The molecule has 128 valence electrons. The molecule has 2 aromatic rings. The smallest absolute Gasteiger partial charge is 0.311 e. The molecule has 0 aliphatic heterocycles. The van der Waals surface area contributed by atoms with Gasteiger partial charge in [0, 0.05) is 10.9 Å². The molecule has 24 heavy (non-hydrogen) atoms. The molecule has 1 aliphatic carbocycles. The fourth-order valence-electron chi connectivity index (χ4n) is 3.22. The van der Waals surface area contributed by atoms with E-state index in [9.17, 15) is 9.59 Å². The van der Waals surface area contributed by atoms with E-state index in [0.29, 0.717) is 4.88 Å². The zero-order valence-corrected chi connectivity index (χ0v) is 15.3. The lowest BCUT2D eigenvalue weighted by Gasteiger charge is -2.40. The van der Waals surface area contributed by atoms with Crippen molar-refractivity contribution in [2.45, 2.75) is 38.1 Å². The minimum atomic E-state index is -0.574. The molecule has 0 aromatic carbocycles. The quantitative estimate of drug-likeness (QED) is 0.840. The lowest BCUT2D eigenvalue weighted by atomic mass is 9.74. The van der Waals surface area contributed by atoms with Gasteiger partial charge in [-0.2, -0.15) is 11.3 Å². The van der Waals surface area contributed by atoms with Crippen molar-refractivity contribution in [3.8, 4) is 10.6 Å². The van der Waals surface area contributed by atoms with Crippen molar-refractivity contribution in [1.29, 1.82) is 0 Å². The molecule has 3 rings (SSSR count). The number of ether oxygens (including phenoxy) is 1. The maximum absolute atomic E-state index is 12.7. The van der Waals surface area contributed by atoms with Gasteiger partial charge in [0.15, 0.2) is 0 Å². The number of methoxy groups -OCH3 is 1. The largest absolute Gasteiger partial charge is 0.469 e. The molecule has 2 atom stereocenters. The summed E-state index contributed by atoms with van der Waals surface area (Å²) in [6.45, 7) is 1.94. The number of thiazole rings is 1.